The molecule has 0 atom stereocenters. The fraction of sp³-hybridized carbons (Fsp3) is 0.194. The number of ether oxygens (including phenoxy) is 2. The van der Waals surface area contributed by atoms with E-state index in [-0.39, 0.29) is 24.1 Å². The first-order chi connectivity index (χ1) is 19.3. The van der Waals surface area contributed by atoms with Crippen molar-refractivity contribution >= 4 is 5.91 Å². The molecule has 5 aromatic rings. The van der Waals surface area contributed by atoms with Crippen LogP contribution in [0.25, 0.3) is 28.3 Å². The molecule has 0 saturated heterocycles. The second-order valence-electron chi connectivity index (χ2n) is 9.54. The molecule has 0 fully saturated rings. The molecule has 0 aliphatic rings. The molecule has 40 heavy (non-hydrogen) atoms. The number of aromatic nitrogens is 3. The minimum atomic E-state index is -0.501. The minimum absolute atomic E-state index is 0.0641. The van der Waals surface area contributed by atoms with Crippen molar-refractivity contribution in [3.8, 4) is 39.8 Å². The van der Waals surface area contributed by atoms with Crippen LogP contribution in [-0.4, -0.2) is 34.1 Å². The Bertz CT molecular complexity index is 1640. The standard InChI is InChI=1S/C31H29FN4O4/c1-19(2)39-27-12-10-21(14-20(27)3)29-16-26(35-40-29)31(37)33-17-23-18-36(24-8-6-5-7-9-24)34-30(23)22-11-13-28(38-4)25(32)15-22/h5-16,18-19H,17H2,1-4H3,(H,33,37). The Kier molecular flexibility index (Phi) is 7.63. The van der Waals surface area contributed by atoms with Crippen molar-refractivity contribution in [2.24, 2.45) is 0 Å². The van der Waals surface area contributed by atoms with E-state index < -0.39 is 11.7 Å². The van der Waals surface area contributed by atoms with E-state index in [2.05, 4.69) is 15.6 Å². The van der Waals surface area contributed by atoms with Crippen LogP contribution in [0.2, 0.25) is 0 Å². The highest BCUT2D eigenvalue weighted by atomic mass is 19.1. The zero-order valence-corrected chi connectivity index (χ0v) is 22.6. The van der Waals surface area contributed by atoms with Gasteiger partial charge in [-0.25, -0.2) is 9.07 Å². The van der Waals surface area contributed by atoms with Crippen LogP contribution in [0.3, 0.4) is 0 Å². The smallest absolute Gasteiger partial charge is 0.273 e. The Balaban J connectivity index is 1.37. The van der Waals surface area contributed by atoms with Crippen molar-refractivity contribution in [3.63, 3.8) is 0 Å². The van der Waals surface area contributed by atoms with E-state index in [1.807, 2.05) is 75.5 Å². The van der Waals surface area contributed by atoms with Crippen LogP contribution in [-0.2, 0) is 6.54 Å². The van der Waals surface area contributed by atoms with Gasteiger partial charge in [0.25, 0.3) is 5.91 Å². The molecule has 3 aromatic carbocycles. The molecule has 0 aliphatic heterocycles. The number of hydrogen-bond donors (Lipinski definition) is 1. The molecule has 0 bridgehead atoms. The van der Waals surface area contributed by atoms with E-state index in [1.54, 1.807) is 22.9 Å². The van der Waals surface area contributed by atoms with E-state index in [9.17, 15) is 9.18 Å². The quantitative estimate of drug-likeness (QED) is 0.234. The van der Waals surface area contributed by atoms with Gasteiger partial charge in [-0.1, -0.05) is 23.4 Å². The molecule has 5 rings (SSSR count). The van der Waals surface area contributed by atoms with Gasteiger partial charge < -0.3 is 19.3 Å². The van der Waals surface area contributed by atoms with Crippen LogP contribution in [0.4, 0.5) is 4.39 Å². The van der Waals surface area contributed by atoms with Crippen LogP contribution in [0, 0.1) is 12.7 Å². The molecule has 204 valence electrons. The number of carbonyl (C=O) groups excluding carboxylic acids is 1. The highest BCUT2D eigenvalue weighted by Gasteiger charge is 2.18. The molecule has 0 unspecified atom stereocenters. The van der Waals surface area contributed by atoms with Gasteiger partial charge in [0.05, 0.1) is 24.6 Å². The first kappa shape index (κ1) is 26.7. The third kappa shape index (κ3) is 5.73. The van der Waals surface area contributed by atoms with Gasteiger partial charge in [-0.2, -0.15) is 5.10 Å². The first-order valence-electron chi connectivity index (χ1n) is 12.8. The SMILES string of the molecule is COc1ccc(-c2nn(-c3ccccc3)cc2CNC(=O)c2cc(-c3ccc(OC(C)C)c(C)c3)on2)cc1F. The number of halogens is 1. The zero-order chi connectivity index (χ0) is 28.2. The van der Waals surface area contributed by atoms with Crippen LogP contribution < -0.4 is 14.8 Å². The van der Waals surface area contributed by atoms with Crippen LogP contribution in [0.5, 0.6) is 11.5 Å². The number of amides is 1. The van der Waals surface area contributed by atoms with Gasteiger partial charge in [-0.3, -0.25) is 4.79 Å². The van der Waals surface area contributed by atoms with Crippen LogP contribution >= 0.6 is 0 Å². The predicted octanol–water partition coefficient (Wildman–Crippen LogP) is 6.37. The molecule has 2 aromatic heterocycles. The van der Waals surface area contributed by atoms with Gasteiger partial charge in [0.15, 0.2) is 23.0 Å². The van der Waals surface area contributed by atoms with Gasteiger partial charge in [0.2, 0.25) is 0 Å². The van der Waals surface area contributed by atoms with Crippen molar-refractivity contribution < 1.29 is 23.2 Å². The number of aryl methyl sites for hydroxylation is 1. The Morgan fingerprint density at radius 3 is 2.48 bits per heavy atom. The van der Waals surface area contributed by atoms with E-state index in [4.69, 9.17) is 14.0 Å². The Morgan fingerprint density at radius 1 is 1.02 bits per heavy atom. The number of para-hydroxylation sites is 1. The van der Waals surface area contributed by atoms with Crippen molar-refractivity contribution in [3.05, 3.63) is 102 Å². The molecule has 0 spiro atoms. The second kappa shape index (κ2) is 11.4. The normalized spacial score (nSPS) is 11.1. The Morgan fingerprint density at radius 2 is 1.77 bits per heavy atom. The maximum absolute atomic E-state index is 14.5. The topological polar surface area (TPSA) is 91.4 Å². The summed E-state index contributed by atoms with van der Waals surface area (Å²) in [5.74, 6) is 0.486. The molecule has 8 nitrogen and oxygen atoms in total. The number of rotatable bonds is 9. The number of carbonyl (C=O) groups is 1. The summed E-state index contributed by atoms with van der Waals surface area (Å²) in [4.78, 5) is 13.0. The summed E-state index contributed by atoms with van der Waals surface area (Å²) >= 11 is 0. The summed E-state index contributed by atoms with van der Waals surface area (Å²) in [6.07, 6.45) is 1.87. The van der Waals surface area contributed by atoms with Gasteiger partial charge in [-0.15, -0.1) is 0 Å². The Hall–Kier alpha value is -4.92. The molecule has 0 aliphatic carbocycles. The monoisotopic (exact) mass is 540 g/mol. The lowest BCUT2D eigenvalue weighted by Gasteiger charge is -2.12. The lowest BCUT2D eigenvalue weighted by Crippen LogP contribution is -2.23. The lowest BCUT2D eigenvalue weighted by atomic mass is 10.1. The molecule has 0 saturated carbocycles. The number of methoxy groups -OCH3 is 1. The van der Waals surface area contributed by atoms with E-state index in [0.29, 0.717) is 22.6 Å². The Labute approximate surface area is 231 Å². The second-order valence-corrected chi connectivity index (χ2v) is 9.54. The third-order valence-electron chi connectivity index (χ3n) is 6.24. The van der Waals surface area contributed by atoms with E-state index >= 15 is 0 Å². The van der Waals surface area contributed by atoms with Crippen molar-refractivity contribution in [1.29, 1.82) is 0 Å². The number of nitrogens with zero attached hydrogens (tertiary/aromatic N) is 3. The maximum Gasteiger partial charge on any atom is 0.273 e. The molecule has 1 N–H and O–H groups in total. The molecular weight excluding hydrogens is 511 g/mol. The summed E-state index contributed by atoms with van der Waals surface area (Å²) in [6.45, 7) is 6.03. The molecule has 1 amide bonds. The molecule has 9 heteroatoms. The molecular formula is C31H29FN4O4. The number of nitrogens with one attached hydrogen (secondary N) is 1. The van der Waals surface area contributed by atoms with Gasteiger partial charge in [0.1, 0.15) is 5.75 Å². The summed E-state index contributed by atoms with van der Waals surface area (Å²) < 4.78 is 32.5. The minimum Gasteiger partial charge on any atom is -0.494 e. The van der Waals surface area contributed by atoms with E-state index in [1.165, 1.54) is 13.2 Å². The average Bonchev–Trinajstić information content (AvgIpc) is 3.61. The van der Waals surface area contributed by atoms with Crippen LogP contribution in [0.1, 0.15) is 35.5 Å². The highest BCUT2D eigenvalue weighted by Crippen LogP contribution is 2.29. The largest absolute Gasteiger partial charge is 0.494 e. The highest BCUT2D eigenvalue weighted by molar-refractivity contribution is 5.93. The van der Waals surface area contributed by atoms with Gasteiger partial charge >= 0.3 is 0 Å². The summed E-state index contributed by atoms with van der Waals surface area (Å²) in [7, 11) is 1.41. The van der Waals surface area contributed by atoms with E-state index in [0.717, 1.165) is 22.6 Å². The van der Waals surface area contributed by atoms with Crippen LogP contribution in [0.15, 0.2) is 83.5 Å². The summed E-state index contributed by atoms with van der Waals surface area (Å²) in [5, 5.41) is 11.5. The third-order valence-corrected chi connectivity index (χ3v) is 6.24. The zero-order valence-electron chi connectivity index (χ0n) is 22.6. The fourth-order valence-corrected chi connectivity index (χ4v) is 4.28. The lowest BCUT2D eigenvalue weighted by molar-refractivity contribution is 0.0942. The van der Waals surface area contributed by atoms with Gasteiger partial charge in [0, 0.05) is 35.5 Å². The fourth-order valence-electron chi connectivity index (χ4n) is 4.28. The maximum atomic E-state index is 14.5. The van der Waals surface area contributed by atoms with Crippen molar-refractivity contribution in [1.82, 2.24) is 20.3 Å². The summed E-state index contributed by atoms with van der Waals surface area (Å²) in [5.41, 5.74) is 4.49. The van der Waals surface area contributed by atoms with Crippen molar-refractivity contribution in [2.45, 2.75) is 33.4 Å². The molecule has 2 heterocycles. The van der Waals surface area contributed by atoms with Crippen molar-refractivity contribution in [2.75, 3.05) is 7.11 Å². The number of hydrogen-bond acceptors (Lipinski definition) is 6. The summed E-state index contributed by atoms with van der Waals surface area (Å²) in [6, 6.07) is 21.5. The number of benzene rings is 3. The molecule has 0 radical (unpaired) electrons. The average molecular weight is 541 g/mol. The predicted molar refractivity (Wildman–Crippen MR) is 149 cm³/mol. The van der Waals surface area contributed by atoms with Gasteiger partial charge in [-0.05, 0) is 74.9 Å². The first-order valence-corrected chi connectivity index (χ1v) is 12.8.